The Morgan fingerprint density at radius 2 is 2.00 bits per heavy atom. The molecule has 0 bridgehead atoms. The summed E-state index contributed by atoms with van der Waals surface area (Å²) in [5.41, 5.74) is -2.00. The van der Waals surface area contributed by atoms with Crippen LogP contribution in [0.5, 0.6) is 0 Å². The molecule has 1 aromatic carbocycles. The van der Waals surface area contributed by atoms with Crippen molar-refractivity contribution in [2.24, 2.45) is 0 Å². The van der Waals surface area contributed by atoms with Crippen LogP contribution in [0.2, 0.25) is 0 Å². The standard InChI is InChI=1S/C9H4F3N3O3/c10-9(11,12)6-1-5(8-14-13-4-18-8)2-7(3-6)15(16)17/h1-4H. The molecule has 0 radical (unpaired) electrons. The summed E-state index contributed by atoms with van der Waals surface area (Å²) in [6.45, 7) is 0. The number of rotatable bonds is 2. The fourth-order valence-electron chi connectivity index (χ4n) is 1.30. The van der Waals surface area contributed by atoms with Crippen LogP contribution in [0.3, 0.4) is 0 Å². The summed E-state index contributed by atoms with van der Waals surface area (Å²) in [7, 11) is 0. The van der Waals surface area contributed by atoms with E-state index in [0.29, 0.717) is 12.1 Å². The maximum atomic E-state index is 12.6. The average Bonchev–Trinajstić information content (AvgIpc) is 2.80. The van der Waals surface area contributed by atoms with Crippen LogP contribution in [0.15, 0.2) is 29.0 Å². The van der Waals surface area contributed by atoms with Gasteiger partial charge < -0.3 is 4.42 Å². The lowest BCUT2D eigenvalue weighted by Gasteiger charge is -2.07. The summed E-state index contributed by atoms with van der Waals surface area (Å²) < 4.78 is 42.4. The summed E-state index contributed by atoms with van der Waals surface area (Å²) >= 11 is 0. The first-order valence-electron chi connectivity index (χ1n) is 4.51. The van der Waals surface area contributed by atoms with E-state index in [9.17, 15) is 23.3 Å². The minimum absolute atomic E-state index is 0.158. The third-order valence-electron chi connectivity index (χ3n) is 2.06. The molecule has 0 aliphatic heterocycles. The Labute approximate surface area is 97.2 Å². The van der Waals surface area contributed by atoms with Gasteiger partial charge in [-0.15, -0.1) is 10.2 Å². The second kappa shape index (κ2) is 4.09. The van der Waals surface area contributed by atoms with Crippen molar-refractivity contribution in [3.8, 4) is 11.5 Å². The molecular weight excluding hydrogens is 255 g/mol. The number of hydrogen-bond acceptors (Lipinski definition) is 5. The molecule has 0 saturated heterocycles. The van der Waals surface area contributed by atoms with Crippen LogP contribution in [-0.4, -0.2) is 15.1 Å². The number of nitro benzene ring substituents is 1. The Kier molecular flexibility index (Phi) is 2.73. The highest BCUT2D eigenvalue weighted by molar-refractivity contribution is 5.59. The van der Waals surface area contributed by atoms with Gasteiger partial charge in [0.25, 0.3) is 5.69 Å². The van der Waals surface area contributed by atoms with E-state index in [-0.39, 0.29) is 11.5 Å². The molecule has 0 aliphatic carbocycles. The molecule has 18 heavy (non-hydrogen) atoms. The Morgan fingerprint density at radius 1 is 1.28 bits per heavy atom. The van der Waals surface area contributed by atoms with Gasteiger partial charge in [-0.2, -0.15) is 13.2 Å². The molecule has 0 fully saturated rings. The van der Waals surface area contributed by atoms with Gasteiger partial charge in [0.2, 0.25) is 12.3 Å². The number of hydrogen-bond donors (Lipinski definition) is 0. The molecule has 0 amide bonds. The van der Waals surface area contributed by atoms with Crippen molar-refractivity contribution in [3.63, 3.8) is 0 Å². The Hall–Kier alpha value is -2.45. The van der Waals surface area contributed by atoms with E-state index < -0.39 is 22.4 Å². The van der Waals surface area contributed by atoms with E-state index in [0.717, 1.165) is 12.5 Å². The van der Waals surface area contributed by atoms with Crippen LogP contribution in [-0.2, 0) is 6.18 Å². The van der Waals surface area contributed by atoms with Crippen LogP contribution >= 0.6 is 0 Å². The van der Waals surface area contributed by atoms with Crippen LogP contribution < -0.4 is 0 Å². The Bertz CT molecular complexity index is 580. The first kappa shape index (κ1) is 12.0. The van der Waals surface area contributed by atoms with E-state index in [2.05, 4.69) is 10.2 Å². The topological polar surface area (TPSA) is 82.1 Å². The van der Waals surface area contributed by atoms with Crippen LogP contribution in [0, 0.1) is 10.1 Å². The molecule has 0 N–H and O–H groups in total. The van der Waals surface area contributed by atoms with Gasteiger partial charge in [0, 0.05) is 17.7 Å². The molecule has 1 aromatic heterocycles. The number of halogens is 3. The Morgan fingerprint density at radius 3 is 2.50 bits per heavy atom. The Balaban J connectivity index is 2.61. The van der Waals surface area contributed by atoms with E-state index in [1.54, 1.807) is 0 Å². The molecule has 0 unspecified atom stereocenters. The minimum Gasteiger partial charge on any atom is -0.423 e. The predicted molar refractivity (Wildman–Crippen MR) is 51.4 cm³/mol. The zero-order valence-corrected chi connectivity index (χ0v) is 8.51. The molecule has 0 aliphatic rings. The van der Waals surface area contributed by atoms with Crippen molar-refractivity contribution in [1.29, 1.82) is 0 Å². The third kappa shape index (κ3) is 2.29. The zero-order valence-electron chi connectivity index (χ0n) is 8.51. The van der Waals surface area contributed by atoms with Gasteiger partial charge in [-0.1, -0.05) is 0 Å². The van der Waals surface area contributed by atoms with Gasteiger partial charge in [-0.25, -0.2) is 0 Å². The van der Waals surface area contributed by atoms with Crippen LogP contribution in [0.4, 0.5) is 18.9 Å². The molecule has 6 nitrogen and oxygen atoms in total. The third-order valence-corrected chi connectivity index (χ3v) is 2.06. The average molecular weight is 259 g/mol. The maximum absolute atomic E-state index is 12.6. The van der Waals surface area contributed by atoms with Gasteiger partial charge in [0.15, 0.2) is 0 Å². The molecule has 2 aromatic rings. The van der Waals surface area contributed by atoms with Gasteiger partial charge in [-0.3, -0.25) is 10.1 Å². The molecule has 0 spiro atoms. The smallest absolute Gasteiger partial charge is 0.416 e. The molecule has 1 heterocycles. The summed E-state index contributed by atoms with van der Waals surface area (Å²) in [6, 6.07) is 2.09. The normalized spacial score (nSPS) is 11.5. The number of aromatic nitrogens is 2. The fourth-order valence-corrected chi connectivity index (χ4v) is 1.30. The van der Waals surface area contributed by atoms with E-state index in [1.165, 1.54) is 0 Å². The van der Waals surface area contributed by atoms with Gasteiger partial charge >= 0.3 is 6.18 Å². The number of nitro groups is 1. The van der Waals surface area contributed by atoms with Crippen LogP contribution in [0.1, 0.15) is 5.56 Å². The van der Waals surface area contributed by atoms with Crippen molar-refractivity contribution < 1.29 is 22.5 Å². The summed E-state index contributed by atoms with van der Waals surface area (Å²) in [4.78, 5) is 9.65. The number of non-ortho nitro benzene ring substituents is 1. The lowest BCUT2D eigenvalue weighted by atomic mass is 10.1. The second-order valence-corrected chi connectivity index (χ2v) is 3.27. The fraction of sp³-hybridized carbons (Fsp3) is 0.111. The monoisotopic (exact) mass is 259 g/mol. The molecular formula is C9H4F3N3O3. The van der Waals surface area contributed by atoms with Crippen molar-refractivity contribution in [3.05, 3.63) is 40.3 Å². The van der Waals surface area contributed by atoms with E-state index in [1.807, 2.05) is 0 Å². The maximum Gasteiger partial charge on any atom is 0.416 e. The van der Waals surface area contributed by atoms with Crippen molar-refractivity contribution in [2.45, 2.75) is 6.18 Å². The zero-order chi connectivity index (χ0) is 13.3. The van der Waals surface area contributed by atoms with Gasteiger partial charge in [0.1, 0.15) is 0 Å². The molecule has 94 valence electrons. The molecule has 2 rings (SSSR count). The highest BCUT2D eigenvalue weighted by Crippen LogP contribution is 2.34. The first-order valence-corrected chi connectivity index (χ1v) is 4.51. The molecule has 9 heteroatoms. The molecule has 0 atom stereocenters. The second-order valence-electron chi connectivity index (χ2n) is 3.27. The highest BCUT2D eigenvalue weighted by atomic mass is 19.4. The van der Waals surface area contributed by atoms with Gasteiger partial charge in [0.05, 0.1) is 10.5 Å². The summed E-state index contributed by atoms with van der Waals surface area (Å²) in [5.74, 6) is -0.218. The lowest BCUT2D eigenvalue weighted by Crippen LogP contribution is -2.06. The van der Waals surface area contributed by atoms with Gasteiger partial charge in [-0.05, 0) is 6.07 Å². The first-order chi connectivity index (χ1) is 8.38. The number of benzene rings is 1. The highest BCUT2D eigenvalue weighted by Gasteiger charge is 2.33. The van der Waals surface area contributed by atoms with Crippen molar-refractivity contribution in [2.75, 3.05) is 0 Å². The number of nitrogens with zero attached hydrogens (tertiary/aromatic N) is 3. The lowest BCUT2D eigenvalue weighted by molar-refractivity contribution is -0.385. The quantitative estimate of drug-likeness (QED) is 0.611. The molecule has 0 saturated carbocycles. The number of alkyl halides is 3. The minimum atomic E-state index is -4.69. The summed E-state index contributed by atoms with van der Waals surface area (Å²) in [6.07, 6.45) is -3.78. The largest absolute Gasteiger partial charge is 0.423 e. The summed E-state index contributed by atoms with van der Waals surface area (Å²) in [5, 5.41) is 17.3. The van der Waals surface area contributed by atoms with E-state index in [4.69, 9.17) is 4.42 Å². The predicted octanol–water partition coefficient (Wildman–Crippen LogP) is 2.66. The van der Waals surface area contributed by atoms with Crippen LogP contribution in [0.25, 0.3) is 11.5 Å². The van der Waals surface area contributed by atoms with E-state index >= 15 is 0 Å². The van der Waals surface area contributed by atoms with Crippen molar-refractivity contribution >= 4 is 5.69 Å². The van der Waals surface area contributed by atoms with Crippen molar-refractivity contribution in [1.82, 2.24) is 10.2 Å². The SMILES string of the molecule is O=[N+]([O-])c1cc(-c2nnco2)cc(C(F)(F)F)c1.